The van der Waals surface area contributed by atoms with E-state index in [1.165, 1.54) is 34.4 Å². The van der Waals surface area contributed by atoms with Gasteiger partial charge >= 0.3 is 0 Å². The summed E-state index contributed by atoms with van der Waals surface area (Å²) in [4.78, 5) is 35.8. The van der Waals surface area contributed by atoms with Crippen LogP contribution in [0.25, 0.3) is 0 Å². The molecule has 3 aromatic rings. The van der Waals surface area contributed by atoms with Gasteiger partial charge in [-0.15, -0.1) is 21.5 Å². The molecule has 0 fully saturated rings. The summed E-state index contributed by atoms with van der Waals surface area (Å²) in [7, 11) is 0. The van der Waals surface area contributed by atoms with Gasteiger partial charge in [0.25, 0.3) is 5.91 Å². The van der Waals surface area contributed by atoms with Crippen LogP contribution in [0, 0.1) is 6.92 Å². The molecular formula is C17H15N5O3S3. The Morgan fingerprint density at radius 3 is 2.54 bits per heavy atom. The number of carbonyl (C=O) groups excluding carboxylic acids is 3. The molecule has 11 heteroatoms. The Balaban J connectivity index is 1.49. The third-order valence-corrected chi connectivity index (χ3v) is 6.38. The Morgan fingerprint density at radius 2 is 1.89 bits per heavy atom. The average Bonchev–Trinajstić information content (AvgIpc) is 3.29. The Morgan fingerprint density at radius 1 is 1.14 bits per heavy atom. The van der Waals surface area contributed by atoms with Crippen molar-refractivity contribution in [2.75, 3.05) is 16.4 Å². The van der Waals surface area contributed by atoms with Crippen LogP contribution in [-0.4, -0.2) is 33.7 Å². The van der Waals surface area contributed by atoms with E-state index >= 15 is 0 Å². The Hall–Kier alpha value is -2.76. The molecule has 4 N–H and O–H groups in total. The number of thioether (sulfide) groups is 1. The second kappa shape index (κ2) is 8.95. The molecule has 0 bridgehead atoms. The highest BCUT2D eigenvalue weighted by molar-refractivity contribution is 8.01. The van der Waals surface area contributed by atoms with Crippen LogP contribution in [0.3, 0.4) is 0 Å². The van der Waals surface area contributed by atoms with Gasteiger partial charge in [0.15, 0.2) is 4.34 Å². The number of nitrogens with two attached hydrogens (primary N) is 1. The van der Waals surface area contributed by atoms with Gasteiger partial charge in [0, 0.05) is 11.3 Å². The van der Waals surface area contributed by atoms with Crippen molar-refractivity contribution in [1.82, 2.24) is 10.2 Å². The predicted molar refractivity (Wildman–Crippen MR) is 111 cm³/mol. The number of aromatic nitrogens is 2. The summed E-state index contributed by atoms with van der Waals surface area (Å²) in [6.45, 7) is 1.92. The van der Waals surface area contributed by atoms with Gasteiger partial charge in [0.05, 0.1) is 10.6 Å². The monoisotopic (exact) mass is 433 g/mol. The van der Waals surface area contributed by atoms with Crippen LogP contribution < -0.4 is 16.4 Å². The minimum atomic E-state index is -0.526. The minimum Gasteiger partial charge on any atom is -0.366 e. The first-order valence-corrected chi connectivity index (χ1v) is 10.6. The summed E-state index contributed by atoms with van der Waals surface area (Å²) in [6, 6.07) is 8.10. The number of aryl methyl sites for hydroxylation is 1. The fourth-order valence-corrected chi connectivity index (χ4v) is 4.41. The van der Waals surface area contributed by atoms with Crippen molar-refractivity contribution in [3.05, 3.63) is 51.7 Å². The molecule has 0 radical (unpaired) electrons. The molecule has 0 aliphatic carbocycles. The fourth-order valence-electron chi connectivity index (χ4n) is 2.07. The molecule has 0 saturated heterocycles. The molecule has 28 heavy (non-hydrogen) atoms. The van der Waals surface area contributed by atoms with Crippen LogP contribution in [0.4, 0.5) is 10.8 Å². The summed E-state index contributed by atoms with van der Waals surface area (Å²) in [5.74, 6) is -0.860. The maximum Gasteiger partial charge on any atom is 0.267 e. The molecular weight excluding hydrogens is 418 g/mol. The predicted octanol–water partition coefficient (Wildman–Crippen LogP) is 2.99. The van der Waals surface area contributed by atoms with Crippen molar-refractivity contribution in [1.29, 1.82) is 0 Å². The van der Waals surface area contributed by atoms with Gasteiger partial charge in [0.1, 0.15) is 0 Å². The number of carbonyl (C=O) groups is 3. The number of nitrogens with zero attached hydrogens (tertiary/aromatic N) is 2. The van der Waals surface area contributed by atoms with E-state index in [9.17, 15) is 14.4 Å². The second-order valence-corrected chi connectivity index (χ2v) is 8.71. The molecule has 2 heterocycles. The quantitative estimate of drug-likeness (QED) is 0.388. The van der Waals surface area contributed by atoms with Crippen LogP contribution >= 0.6 is 34.4 Å². The molecule has 2 aromatic heterocycles. The zero-order chi connectivity index (χ0) is 20.1. The van der Waals surface area contributed by atoms with Gasteiger partial charge in [-0.3, -0.25) is 19.7 Å². The number of benzene rings is 1. The topological polar surface area (TPSA) is 127 Å². The van der Waals surface area contributed by atoms with Gasteiger partial charge in [-0.1, -0.05) is 23.1 Å². The van der Waals surface area contributed by atoms with Gasteiger partial charge in [-0.2, -0.15) is 0 Å². The third-order valence-electron chi connectivity index (χ3n) is 3.36. The molecule has 0 saturated carbocycles. The SMILES string of the molecule is Cc1csc(C(=O)Nc2nnc(SCC(=O)Nc3ccc(C(N)=O)cc3)s2)c1. The summed E-state index contributed by atoms with van der Waals surface area (Å²) < 4.78 is 0.567. The number of hydrogen-bond acceptors (Lipinski definition) is 8. The molecule has 1 aromatic carbocycles. The van der Waals surface area contributed by atoms with Crippen molar-refractivity contribution in [2.45, 2.75) is 11.3 Å². The Kier molecular flexibility index (Phi) is 6.39. The van der Waals surface area contributed by atoms with Crippen LogP contribution in [0.2, 0.25) is 0 Å². The lowest BCUT2D eigenvalue weighted by molar-refractivity contribution is -0.113. The summed E-state index contributed by atoms with van der Waals surface area (Å²) in [5.41, 5.74) is 7.13. The zero-order valence-electron chi connectivity index (χ0n) is 14.6. The minimum absolute atomic E-state index is 0.129. The standard InChI is InChI=1S/C17H15N5O3S3/c1-9-6-12(26-7-9)15(25)20-16-21-22-17(28-16)27-8-13(23)19-11-4-2-10(3-5-11)14(18)24/h2-7H,8H2,1H3,(H2,18,24)(H,19,23)(H,20,21,25). The molecule has 8 nitrogen and oxygen atoms in total. The lowest BCUT2D eigenvalue weighted by Gasteiger charge is -2.04. The Bertz CT molecular complexity index is 1010. The normalized spacial score (nSPS) is 10.5. The number of primary amides is 1. The molecule has 3 amide bonds. The number of rotatable bonds is 7. The maximum atomic E-state index is 12.1. The summed E-state index contributed by atoms with van der Waals surface area (Å²) in [6.07, 6.45) is 0. The highest BCUT2D eigenvalue weighted by atomic mass is 32.2. The van der Waals surface area contributed by atoms with Crippen molar-refractivity contribution in [2.24, 2.45) is 5.73 Å². The van der Waals surface area contributed by atoms with Crippen molar-refractivity contribution >= 4 is 63.0 Å². The van der Waals surface area contributed by atoms with E-state index in [4.69, 9.17) is 5.73 Å². The number of thiophene rings is 1. The molecule has 0 aliphatic heterocycles. The van der Waals surface area contributed by atoms with E-state index in [-0.39, 0.29) is 17.6 Å². The molecule has 3 rings (SSSR count). The smallest absolute Gasteiger partial charge is 0.267 e. The van der Waals surface area contributed by atoms with Gasteiger partial charge in [0.2, 0.25) is 16.9 Å². The fraction of sp³-hybridized carbons (Fsp3) is 0.118. The van der Waals surface area contributed by atoms with Crippen molar-refractivity contribution in [3.63, 3.8) is 0 Å². The molecule has 0 unspecified atom stereocenters. The first-order valence-electron chi connectivity index (χ1n) is 7.93. The molecule has 0 aliphatic rings. The molecule has 0 spiro atoms. The molecule has 144 valence electrons. The third kappa shape index (κ3) is 5.38. The summed E-state index contributed by atoms with van der Waals surface area (Å²) in [5, 5.41) is 15.6. The highest BCUT2D eigenvalue weighted by Gasteiger charge is 2.13. The van der Waals surface area contributed by atoms with Crippen LogP contribution in [-0.2, 0) is 4.79 Å². The number of amides is 3. The van der Waals surface area contributed by atoms with Gasteiger partial charge in [-0.25, -0.2) is 0 Å². The lowest BCUT2D eigenvalue weighted by atomic mass is 10.2. The largest absolute Gasteiger partial charge is 0.366 e. The van der Waals surface area contributed by atoms with Gasteiger partial charge < -0.3 is 11.1 Å². The van der Waals surface area contributed by atoms with E-state index in [2.05, 4.69) is 20.8 Å². The lowest BCUT2D eigenvalue weighted by Crippen LogP contribution is -2.14. The average molecular weight is 434 g/mol. The first kappa shape index (κ1) is 20.0. The van der Waals surface area contributed by atoms with E-state index in [0.717, 1.165) is 5.56 Å². The van der Waals surface area contributed by atoms with E-state index < -0.39 is 5.91 Å². The Labute approximate surface area is 172 Å². The van der Waals surface area contributed by atoms with E-state index in [1.54, 1.807) is 30.3 Å². The van der Waals surface area contributed by atoms with Crippen LogP contribution in [0.15, 0.2) is 40.1 Å². The zero-order valence-corrected chi connectivity index (χ0v) is 17.0. The van der Waals surface area contributed by atoms with Gasteiger partial charge in [-0.05, 0) is 48.2 Å². The first-order chi connectivity index (χ1) is 13.4. The second-order valence-electron chi connectivity index (χ2n) is 5.59. The number of hydrogen-bond donors (Lipinski definition) is 3. The van der Waals surface area contributed by atoms with Crippen molar-refractivity contribution < 1.29 is 14.4 Å². The van der Waals surface area contributed by atoms with E-state index in [0.29, 0.717) is 25.6 Å². The number of nitrogens with one attached hydrogen (secondary N) is 2. The molecule has 0 atom stereocenters. The van der Waals surface area contributed by atoms with Crippen LogP contribution in [0.1, 0.15) is 25.6 Å². The van der Waals surface area contributed by atoms with Crippen LogP contribution in [0.5, 0.6) is 0 Å². The number of anilines is 2. The summed E-state index contributed by atoms with van der Waals surface area (Å²) >= 11 is 3.77. The van der Waals surface area contributed by atoms with E-state index in [1.807, 2.05) is 12.3 Å². The maximum absolute atomic E-state index is 12.1. The highest BCUT2D eigenvalue weighted by Crippen LogP contribution is 2.26. The van der Waals surface area contributed by atoms with Crippen molar-refractivity contribution in [3.8, 4) is 0 Å².